The summed E-state index contributed by atoms with van der Waals surface area (Å²) in [5.41, 5.74) is 7.61. The van der Waals surface area contributed by atoms with Gasteiger partial charge in [-0.2, -0.15) is 0 Å². The number of nitrogens with two attached hydrogens (primary N) is 1. The van der Waals surface area contributed by atoms with Crippen molar-refractivity contribution in [3.63, 3.8) is 0 Å². The molecule has 2 aromatic carbocycles. The van der Waals surface area contributed by atoms with Gasteiger partial charge in [0.25, 0.3) is 0 Å². The van der Waals surface area contributed by atoms with Crippen LogP contribution in [0.5, 0.6) is 0 Å². The first-order valence-corrected chi connectivity index (χ1v) is 6.84. The fourth-order valence-electron chi connectivity index (χ4n) is 1.66. The molecule has 0 aliphatic carbocycles. The first kappa shape index (κ1) is 12.8. The lowest BCUT2D eigenvalue weighted by molar-refractivity contribution is 0.631. The highest BCUT2D eigenvalue weighted by Gasteiger charge is 2.04. The van der Waals surface area contributed by atoms with Crippen molar-refractivity contribution in [1.82, 2.24) is 0 Å². The van der Waals surface area contributed by atoms with Gasteiger partial charge in [0.2, 0.25) is 0 Å². The zero-order valence-corrected chi connectivity index (χ0v) is 10.9. The van der Waals surface area contributed by atoms with E-state index in [1.807, 2.05) is 30.5 Å². The highest BCUT2D eigenvalue weighted by molar-refractivity contribution is 7.98. The fourth-order valence-corrected chi connectivity index (χ4v) is 2.07. The normalized spacial score (nSPS) is 10.3. The summed E-state index contributed by atoms with van der Waals surface area (Å²) in [6, 6.07) is 12.8. The zero-order valence-electron chi connectivity index (χ0n) is 10.1. The number of rotatable bonds is 4. The summed E-state index contributed by atoms with van der Waals surface area (Å²) in [7, 11) is 0. The van der Waals surface area contributed by atoms with Crippen LogP contribution in [-0.4, -0.2) is 6.26 Å². The number of halogens is 1. The summed E-state index contributed by atoms with van der Waals surface area (Å²) < 4.78 is 13.5. The average Bonchev–Trinajstić information content (AvgIpc) is 2.39. The molecule has 2 nitrogen and oxygen atoms in total. The maximum atomic E-state index is 13.5. The lowest BCUT2D eigenvalue weighted by Gasteiger charge is -2.10. The summed E-state index contributed by atoms with van der Waals surface area (Å²) in [4.78, 5) is 1.21. The Morgan fingerprint density at radius 2 is 1.89 bits per heavy atom. The molecular formula is C14H15FN2S. The standard InChI is InChI=1S/C14H15FN2S/c1-18-11-7-5-10(6-8-11)9-17-14-12(15)3-2-4-13(14)16/h2-8,17H,9,16H2,1H3. The molecule has 3 N–H and O–H groups in total. The van der Waals surface area contributed by atoms with Gasteiger partial charge in [0.05, 0.1) is 11.4 Å². The Bertz CT molecular complexity index is 506. The van der Waals surface area contributed by atoms with Crippen LogP contribution in [0.25, 0.3) is 0 Å². The maximum absolute atomic E-state index is 13.5. The highest BCUT2D eigenvalue weighted by Crippen LogP contribution is 2.23. The number of para-hydroxylation sites is 1. The van der Waals surface area contributed by atoms with Gasteiger partial charge in [-0.15, -0.1) is 11.8 Å². The zero-order chi connectivity index (χ0) is 13.0. The molecule has 0 fully saturated rings. The minimum absolute atomic E-state index is 0.323. The van der Waals surface area contributed by atoms with Crippen molar-refractivity contribution in [3.8, 4) is 0 Å². The average molecular weight is 262 g/mol. The molecule has 0 aliphatic heterocycles. The molecule has 0 aliphatic rings. The molecule has 0 unspecified atom stereocenters. The van der Waals surface area contributed by atoms with Crippen LogP contribution in [0.3, 0.4) is 0 Å². The van der Waals surface area contributed by atoms with Crippen LogP contribution in [0.4, 0.5) is 15.8 Å². The smallest absolute Gasteiger partial charge is 0.148 e. The van der Waals surface area contributed by atoms with Gasteiger partial charge in [-0.3, -0.25) is 0 Å². The predicted molar refractivity (Wildman–Crippen MR) is 76.4 cm³/mol. The Kier molecular flexibility index (Phi) is 4.10. The van der Waals surface area contributed by atoms with Crippen molar-refractivity contribution in [2.75, 3.05) is 17.3 Å². The molecule has 0 aromatic heterocycles. The molecule has 2 aromatic rings. The Hall–Kier alpha value is -1.68. The van der Waals surface area contributed by atoms with E-state index in [9.17, 15) is 4.39 Å². The van der Waals surface area contributed by atoms with E-state index in [0.717, 1.165) is 5.56 Å². The van der Waals surface area contributed by atoms with E-state index in [-0.39, 0.29) is 5.82 Å². The lowest BCUT2D eigenvalue weighted by Crippen LogP contribution is -2.04. The molecule has 4 heteroatoms. The molecule has 18 heavy (non-hydrogen) atoms. The maximum Gasteiger partial charge on any atom is 0.148 e. The summed E-state index contributed by atoms with van der Waals surface area (Å²) in [6.07, 6.45) is 2.04. The van der Waals surface area contributed by atoms with Gasteiger partial charge in [0.15, 0.2) is 0 Å². The van der Waals surface area contributed by atoms with Gasteiger partial charge in [-0.05, 0) is 36.1 Å². The van der Waals surface area contributed by atoms with E-state index in [0.29, 0.717) is 17.9 Å². The third kappa shape index (κ3) is 2.96. The SMILES string of the molecule is CSc1ccc(CNc2c(N)cccc2F)cc1. The minimum atomic E-state index is -0.323. The van der Waals surface area contributed by atoms with E-state index in [1.54, 1.807) is 23.9 Å². The minimum Gasteiger partial charge on any atom is -0.397 e. The molecule has 0 heterocycles. The van der Waals surface area contributed by atoms with Crippen molar-refractivity contribution in [2.24, 2.45) is 0 Å². The topological polar surface area (TPSA) is 38.0 Å². The van der Waals surface area contributed by atoms with Gasteiger partial charge in [-0.25, -0.2) is 4.39 Å². The molecule has 0 saturated heterocycles. The first-order valence-electron chi connectivity index (χ1n) is 5.61. The van der Waals surface area contributed by atoms with Gasteiger partial charge in [-0.1, -0.05) is 18.2 Å². The Morgan fingerprint density at radius 1 is 1.17 bits per heavy atom. The molecule has 0 spiro atoms. The summed E-state index contributed by atoms with van der Waals surface area (Å²) in [5.74, 6) is -0.323. The van der Waals surface area contributed by atoms with E-state index >= 15 is 0 Å². The van der Waals surface area contributed by atoms with Crippen molar-refractivity contribution < 1.29 is 4.39 Å². The van der Waals surface area contributed by atoms with Crippen molar-refractivity contribution in [2.45, 2.75) is 11.4 Å². The largest absolute Gasteiger partial charge is 0.397 e. The number of thioether (sulfide) groups is 1. The third-order valence-corrected chi connectivity index (χ3v) is 3.42. The molecule has 0 saturated carbocycles. The van der Waals surface area contributed by atoms with Crippen molar-refractivity contribution >= 4 is 23.1 Å². The molecule has 94 valence electrons. The Labute approximate surface area is 110 Å². The number of hydrogen-bond donors (Lipinski definition) is 2. The van der Waals surface area contributed by atoms with Gasteiger partial charge < -0.3 is 11.1 Å². The molecule has 0 radical (unpaired) electrons. The molecule has 2 rings (SSSR count). The van der Waals surface area contributed by atoms with Crippen molar-refractivity contribution in [3.05, 3.63) is 53.8 Å². The quantitative estimate of drug-likeness (QED) is 0.651. The van der Waals surface area contributed by atoms with Crippen LogP contribution in [0, 0.1) is 5.82 Å². The van der Waals surface area contributed by atoms with E-state index in [1.165, 1.54) is 11.0 Å². The molecule has 0 bridgehead atoms. The molecule has 0 amide bonds. The molecule has 0 atom stereocenters. The predicted octanol–water partition coefficient (Wildman–Crippen LogP) is 3.74. The number of hydrogen-bond acceptors (Lipinski definition) is 3. The van der Waals surface area contributed by atoms with Gasteiger partial charge in [0, 0.05) is 11.4 Å². The highest BCUT2D eigenvalue weighted by atomic mass is 32.2. The number of nitrogens with one attached hydrogen (secondary N) is 1. The summed E-state index contributed by atoms with van der Waals surface area (Å²) in [5, 5.41) is 3.03. The number of anilines is 2. The summed E-state index contributed by atoms with van der Waals surface area (Å²) in [6.45, 7) is 0.555. The van der Waals surface area contributed by atoms with Gasteiger partial charge in [0.1, 0.15) is 5.82 Å². The van der Waals surface area contributed by atoms with Crippen molar-refractivity contribution in [1.29, 1.82) is 0 Å². The van der Waals surface area contributed by atoms with E-state index < -0.39 is 0 Å². The Balaban J connectivity index is 2.06. The van der Waals surface area contributed by atoms with Crippen LogP contribution in [-0.2, 0) is 6.54 Å². The lowest BCUT2D eigenvalue weighted by atomic mass is 10.2. The first-order chi connectivity index (χ1) is 8.70. The molecular weight excluding hydrogens is 247 g/mol. The Morgan fingerprint density at radius 3 is 2.50 bits per heavy atom. The van der Waals surface area contributed by atoms with Gasteiger partial charge >= 0.3 is 0 Å². The van der Waals surface area contributed by atoms with Crippen LogP contribution in [0.1, 0.15) is 5.56 Å². The van der Waals surface area contributed by atoms with E-state index in [4.69, 9.17) is 5.73 Å². The van der Waals surface area contributed by atoms with Crippen LogP contribution >= 0.6 is 11.8 Å². The second kappa shape index (κ2) is 5.78. The fraction of sp³-hybridized carbons (Fsp3) is 0.143. The number of nitrogen functional groups attached to an aromatic ring is 1. The van der Waals surface area contributed by atoms with Crippen LogP contribution in [0.2, 0.25) is 0 Å². The second-order valence-corrected chi connectivity index (χ2v) is 4.79. The van der Waals surface area contributed by atoms with Crippen LogP contribution in [0.15, 0.2) is 47.4 Å². The second-order valence-electron chi connectivity index (χ2n) is 3.91. The number of benzene rings is 2. The third-order valence-electron chi connectivity index (χ3n) is 2.67. The van der Waals surface area contributed by atoms with Crippen LogP contribution < -0.4 is 11.1 Å². The summed E-state index contributed by atoms with van der Waals surface area (Å²) >= 11 is 1.70. The van der Waals surface area contributed by atoms with E-state index in [2.05, 4.69) is 5.32 Å². The monoisotopic (exact) mass is 262 g/mol.